The second-order valence-corrected chi connectivity index (χ2v) is 6.52. The topological polar surface area (TPSA) is 49.4 Å². The molecule has 1 N–H and O–H groups in total. The Morgan fingerprint density at radius 3 is 2.59 bits per heavy atom. The predicted octanol–water partition coefficient (Wildman–Crippen LogP) is 2.65. The fourth-order valence-corrected chi connectivity index (χ4v) is 3.58. The number of hydrogen-bond acceptors (Lipinski definition) is 2. The van der Waals surface area contributed by atoms with Gasteiger partial charge in [-0.3, -0.25) is 9.59 Å². The molecule has 1 aliphatic heterocycles. The highest BCUT2D eigenvalue weighted by Gasteiger charge is 2.37. The molecule has 2 aliphatic rings. The van der Waals surface area contributed by atoms with Crippen LogP contribution in [0.15, 0.2) is 30.3 Å². The molecular formula is C18H24N2O2. The first-order valence-electron chi connectivity index (χ1n) is 8.30. The Labute approximate surface area is 131 Å². The van der Waals surface area contributed by atoms with Crippen molar-refractivity contribution in [2.24, 2.45) is 5.92 Å². The van der Waals surface area contributed by atoms with E-state index in [9.17, 15) is 9.59 Å². The van der Waals surface area contributed by atoms with Gasteiger partial charge in [0.1, 0.15) is 0 Å². The van der Waals surface area contributed by atoms with Gasteiger partial charge in [-0.1, -0.05) is 43.2 Å². The zero-order valence-corrected chi connectivity index (χ0v) is 13.1. The molecule has 0 bridgehead atoms. The molecule has 1 aromatic carbocycles. The number of benzene rings is 1. The van der Waals surface area contributed by atoms with Crippen LogP contribution in [0.1, 0.15) is 50.6 Å². The van der Waals surface area contributed by atoms with Gasteiger partial charge in [0.05, 0.1) is 12.0 Å². The smallest absolute Gasteiger partial charge is 0.225 e. The maximum Gasteiger partial charge on any atom is 0.225 e. The van der Waals surface area contributed by atoms with Crippen LogP contribution in [0, 0.1) is 5.92 Å². The summed E-state index contributed by atoms with van der Waals surface area (Å²) in [6, 6.07) is 10.3. The van der Waals surface area contributed by atoms with Crippen LogP contribution in [0.25, 0.3) is 0 Å². The third kappa shape index (κ3) is 3.16. The van der Waals surface area contributed by atoms with Crippen molar-refractivity contribution in [1.29, 1.82) is 0 Å². The highest BCUT2D eigenvalue weighted by molar-refractivity contribution is 5.89. The van der Waals surface area contributed by atoms with Crippen molar-refractivity contribution < 1.29 is 9.59 Å². The van der Waals surface area contributed by atoms with E-state index in [2.05, 4.69) is 5.32 Å². The Morgan fingerprint density at radius 1 is 1.23 bits per heavy atom. The van der Waals surface area contributed by atoms with Crippen molar-refractivity contribution in [3.63, 3.8) is 0 Å². The van der Waals surface area contributed by atoms with Crippen LogP contribution in [-0.2, 0) is 9.59 Å². The summed E-state index contributed by atoms with van der Waals surface area (Å²) in [5.41, 5.74) is 1.12. The van der Waals surface area contributed by atoms with Crippen LogP contribution < -0.4 is 5.32 Å². The third-order valence-corrected chi connectivity index (χ3v) is 4.98. The highest BCUT2D eigenvalue weighted by atomic mass is 16.2. The van der Waals surface area contributed by atoms with Crippen molar-refractivity contribution in [2.75, 3.05) is 6.54 Å². The van der Waals surface area contributed by atoms with E-state index in [1.807, 2.05) is 42.2 Å². The summed E-state index contributed by atoms with van der Waals surface area (Å²) in [4.78, 5) is 26.5. The summed E-state index contributed by atoms with van der Waals surface area (Å²) in [6.45, 7) is 2.57. The molecule has 1 aliphatic carbocycles. The third-order valence-electron chi connectivity index (χ3n) is 4.98. The molecule has 2 amide bonds. The van der Waals surface area contributed by atoms with E-state index in [1.54, 1.807) is 0 Å². The molecule has 0 aromatic heterocycles. The number of carbonyl (C=O) groups excluding carboxylic acids is 2. The zero-order chi connectivity index (χ0) is 15.5. The minimum absolute atomic E-state index is 0.0259. The summed E-state index contributed by atoms with van der Waals surface area (Å²) in [5.74, 6) is -0.0507. The van der Waals surface area contributed by atoms with Crippen LogP contribution in [-0.4, -0.2) is 29.3 Å². The van der Waals surface area contributed by atoms with Crippen molar-refractivity contribution >= 4 is 11.8 Å². The molecule has 1 saturated heterocycles. The van der Waals surface area contributed by atoms with E-state index >= 15 is 0 Å². The average Bonchev–Trinajstić information content (AvgIpc) is 3.17. The van der Waals surface area contributed by atoms with Crippen LogP contribution in [0.3, 0.4) is 0 Å². The second kappa shape index (κ2) is 6.51. The number of nitrogens with zero attached hydrogens (tertiary/aromatic N) is 1. The number of amides is 2. The van der Waals surface area contributed by atoms with Crippen LogP contribution in [0.5, 0.6) is 0 Å². The molecule has 0 radical (unpaired) electrons. The van der Waals surface area contributed by atoms with Crippen molar-refractivity contribution in [3.8, 4) is 0 Å². The fraction of sp³-hybridized carbons (Fsp3) is 0.556. The van der Waals surface area contributed by atoms with Gasteiger partial charge in [-0.25, -0.2) is 0 Å². The quantitative estimate of drug-likeness (QED) is 0.929. The van der Waals surface area contributed by atoms with E-state index in [4.69, 9.17) is 0 Å². The van der Waals surface area contributed by atoms with Crippen LogP contribution in [0.2, 0.25) is 0 Å². The Hall–Kier alpha value is -1.84. The summed E-state index contributed by atoms with van der Waals surface area (Å²) < 4.78 is 0. The van der Waals surface area contributed by atoms with Gasteiger partial charge in [-0.2, -0.15) is 0 Å². The Bertz CT molecular complexity index is 537. The lowest BCUT2D eigenvalue weighted by atomic mass is 10.1. The lowest BCUT2D eigenvalue weighted by Crippen LogP contribution is -2.38. The van der Waals surface area contributed by atoms with Gasteiger partial charge >= 0.3 is 0 Å². The van der Waals surface area contributed by atoms with E-state index in [0.29, 0.717) is 19.0 Å². The van der Waals surface area contributed by atoms with Gasteiger partial charge in [-0.05, 0) is 25.3 Å². The molecule has 118 valence electrons. The molecule has 4 nitrogen and oxygen atoms in total. The van der Waals surface area contributed by atoms with Gasteiger partial charge in [0.25, 0.3) is 0 Å². The van der Waals surface area contributed by atoms with Crippen molar-refractivity contribution in [3.05, 3.63) is 35.9 Å². The standard InChI is InChI=1S/C18H24N2O2/c1-13(14-7-3-2-4-8-14)20-12-15(11-17(20)21)18(22)19-16-9-5-6-10-16/h2-4,7-8,13,15-16H,5-6,9-12H2,1H3,(H,19,22). The van der Waals surface area contributed by atoms with Gasteiger partial charge in [0, 0.05) is 19.0 Å². The normalized spacial score (nSPS) is 23.8. The van der Waals surface area contributed by atoms with Gasteiger partial charge in [0.15, 0.2) is 0 Å². The molecule has 2 atom stereocenters. The minimum Gasteiger partial charge on any atom is -0.353 e. The molecule has 22 heavy (non-hydrogen) atoms. The molecule has 2 unspecified atom stereocenters. The summed E-state index contributed by atoms with van der Waals surface area (Å²) in [6.07, 6.45) is 4.90. The Kier molecular flexibility index (Phi) is 4.46. The molecule has 0 spiro atoms. The van der Waals surface area contributed by atoms with Crippen molar-refractivity contribution in [1.82, 2.24) is 10.2 Å². The first-order valence-corrected chi connectivity index (χ1v) is 8.30. The number of likely N-dealkylation sites (tertiary alicyclic amines) is 1. The molecular weight excluding hydrogens is 276 g/mol. The lowest BCUT2D eigenvalue weighted by molar-refractivity contribution is -0.130. The maximum absolute atomic E-state index is 12.4. The number of carbonyl (C=O) groups is 2. The molecule has 2 fully saturated rings. The summed E-state index contributed by atoms with van der Waals surface area (Å²) >= 11 is 0. The summed E-state index contributed by atoms with van der Waals surface area (Å²) in [5, 5.41) is 3.12. The van der Waals surface area contributed by atoms with Crippen LogP contribution in [0.4, 0.5) is 0 Å². The molecule has 1 aromatic rings. The highest BCUT2D eigenvalue weighted by Crippen LogP contribution is 2.29. The number of hydrogen-bond donors (Lipinski definition) is 1. The van der Waals surface area contributed by atoms with E-state index in [1.165, 1.54) is 12.8 Å². The Balaban J connectivity index is 1.61. The molecule has 3 rings (SSSR count). The summed E-state index contributed by atoms with van der Waals surface area (Å²) in [7, 11) is 0. The second-order valence-electron chi connectivity index (χ2n) is 6.52. The van der Waals surface area contributed by atoms with Gasteiger partial charge in [0.2, 0.25) is 11.8 Å². The number of nitrogens with one attached hydrogen (secondary N) is 1. The zero-order valence-electron chi connectivity index (χ0n) is 13.1. The van der Waals surface area contributed by atoms with Crippen LogP contribution >= 0.6 is 0 Å². The van der Waals surface area contributed by atoms with E-state index in [-0.39, 0.29) is 23.8 Å². The maximum atomic E-state index is 12.4. The first-order chi connectivity index (χ1) is 10.6. The van der Waals surface area contributed by atoms with Crippen molar-refractivity contribution in [2.45, 2.75) is 51.1 Å². The Morgan fingerprint density at radius 2 is 1.91 bits per heavy atom. The predicted molar refractivity (Wildman–Crippen MR) is 85.1 cm³/mol. The van der Waals surface area contributed by atoms with E-state index < -0.39 is 0 Å². The first kappa shape index (κ1) is 15.1. The molecule has 1 saturated carbocycles. The molecule has 1 heterocycles. The van der Waals surface area contributed by atoms with Gasteiger partial charge in [-0.15, -0.1) is 0 Å². The van der Waals surface area contributed by atoms with Gasteiger partial charge < -0.3 is 10.2 Å². The number of rotatable bonds is 4. The average molecular weight is 300 g/mol. The lowest BCUT2D eigenvalue weighted by Gasteiger charge is -2.25. The van der Waals surface area contributed by atoms with E-state index in [0.717, 1.165) is 18.4 Å². The minimum atomic E-state index is -0.195. The SMILES string of the molecule is CC(c1ccccc1)N1CC(C(=O)NC2CCCC2)CC1=O. The molecule has 4 heteroatoms. The largest absolute Gasteiger partial charge is 0.353 e. The monoisotopic (exact) mass is 300 g/mol. The fourth-order valence-electron chi connectivity index (χ4n) is 3.58.